The van der Waals surface area contributed by atoms with Crippen molar-refractivity contribution < 1.29 is 13.2 Å². The van der Waals surface area contributed by atoms with Crippen LogP contribution in [0.5, 0.6) is 0 Å². The molecule has 0 aliphatic heterocycles. The number of aromatic amines is 1. The molecule has 6 heteroatoms. The molecule has 23 heavy (non-hydrogen) atoms. The maximum Gasteiger partial charge on any atom is 0.449 e. The van der Waals surface area contributed by atoms with Crippen LogP contribution in [0.25, 0.3) is 22.4 Å². The maximum atomic E-state index is 13.0. The lowest BCUT2D eigenvalue weighted by atomic mass is 10.0. The van der Waals surface area contributed by atoms with Gasteiger partial charge < -0.3 is 4.98 Å². The number of benzene rings is 2. The van der Waals surface area contributed by atoms with E-state index in [9.17, 15) is 18.0 Å². The first-order valence-electron chi connectivity index (χ1n) is 6.79. The first-order chi connectivity index (χ1) is 11.0. The predicted octanol–water partition coefficient (Wildman–Crippen LogP) is 4.12. The Labute approximate surface area is 129 Å². The third-order valence-electron chi connectivity index (χ3n) is 3.30. The summed E-state index contributed by atoms with van der Waals surface area (Å²) in [5.74, 6) is -1.30. The number of nitrogens with one attached hydrogen (secondary N) is 1. The minimum Gasteiger partial charge on any atom is -0.302 e. The predicted molar refractivity (Wildman–Crippen MR) is 80.7 cm³/mol. The highest BCUT2D eigenvalue weighted by Crippen LogP contribution is 2.31. The Morgan fingerprint density at radius 2 is 1.35 bits per heavy atom. The van der Waals surface area contributed by atoms with Crippen molar-refractivity contribution in [2.24, 2.45) is 0 Å². The monoisotopic (exact) mass is 316 g/mol. The molecule has 0 spiro atoms. The van der Waals surface area contributed by atoms with Gasteiger partial charge in [0.15, 0.2) is 0 Å². The van der Waals surface area contributed by atoms with Crippen molar-refractivity contribution in [1.29, 1.82) is 0 Å². The van der Waals surface area contributed by atoms with Gasteiger partial charge in [0.25, 0.3) is 5.56 Å². The fourth-order valence-electron chi connectivity index (χ4n) is 2.29. The Bertz CT molecular complexity index is 872. The highest BCUT2D eigenvalue weighted by molar-refractivity contribution is 5.79. The van der Waals surface area contributed by atoms with Crippen LogP contribution < -0.4 is 5.56 Å². The molecule has 3 rings (SSSR count). The molecule has 0 fully saturated rings. The van der Waals surface area contributed by atoms with E-state index in [0.717, 1.165) is 0 Å². The highest BCUT2D eigenvalue weighted by Gasteiger charge is 2.35. The van der Waals surface area contributed by atoms with Gasteiger partial charge in [-0.15, -0.1) is 0 Å². The normalized spacial score (nSPS) is 11.4. The number of aromatic nitrogens is 2. The molecule has 3 nitrogen and oxygen atoms in total. The molecule has 0 saturated carbocycles. The largest absolute Gasteiger partial charge is 0.449 e. The lowest BCUT2D eigenvalue weighted by molar-refractivity contribution is -0.145. The molecule has 0 bridgehead atoms. The van der Waals surface area contributed by atoms with Crippen LogP contribution >= 0.6 is 0 Å². The number of halogens is 3. The Kier molecular flexibility index (Phi) is 3.73. The van der Waals surface area contributed by atoms with Gasteiger partial charge >= 0.3 is 6.18 Å². The molecular weight excluding hydrogens is 305 g/mol. The number of hydrogen-bond acceptors (Lipinski definition) is 2. The van der Waals surface area contributed by atoms with Crippen LogP contribution in [0.4, 0.5) is 13.2 Å². The van der Waals surface area contributed by atoms with Gasteiger partial charge in [0.1, 0.15) is 0 Å². The minimum absolute atomic E-state index is 0.00729. The first-order valence-corrected chi connectivity index (χ1v) is 6.79. The van der Waals surface area contributed by atoms with Crippen molar-refractivity contribution in [3.05, 3.63) is 76.8 Å². The van der Waals surface area contributed by atoms with E-state index >= 15 is 0 Å². The molecule has 3 aromatic rings. The van der Waals surface area contributed by atoms with Crippen LogP contribution in [0.3, 0.4) is 0 Å². The molecule has 1 heterocycles. The van der Waals surface area contributed by atoms with Crippen molar-refractivity contribution in [2.75, 3.05) is 0 Å². The summed E-state index contributed by atoms with van der Waals surface area (Å²) in [6.07, 6.45) is -4.72. The molecule has 1 aromatic heterocycles. The van der Waals surface area contributed by atoms with E-state index in [1.165, 1.54) is 0 Å². The second-order valence-corrected chi connectivity index (χ2v) is 4.87. The molecule has 0 aliphatic rings. The number of nitrogens with zero attached hydrogens (tertiary/aromatic N) is 1. The van der Waals surface area contributed by atoms with Gasteiger partial charge in [0.05, 0.1) is 11.3 Å². The van der Waals surface area contributed by atoms with Crippen LogP contribution in [-0.2, 0) is 6.18 Å². The van der Waals surface area contributed by atoms with Crippen molar-refractivity contribution in [1.82, 2.24) is 9.97 Å². The summed E-state index contributed by atoms with van der Waals surface area (Å²) < 4.78 is 38.9. The van der Waals surface area contributed by atoms with E-state index < -0.39 is 17.6 Å². The second kappa shape index (κ2) is 5.72. The summed E-state index contributed by atoms with van der Waals surface area (Å²) in [6.45, 7) is 0. The molecule has 2 aromatic carbocycles. The van der Waals surface area contributed by atoms with E-state index in [1.807, 2.05) is 4.98 Å². The second-order valence-electron chi connectivity index (χ2n) is 4.87. The number of rotatable bonds is 2. The molecule has 0 saturated heterocycles. The maximum absolute atomic E-state index is 13.0. The third kappa shape index (κ3) is 3.01. The first kappa shape index (κ1) is 15.0. The van der Waals surface area contributed by atoms with Crippen LogP contribution in [-0.4, -0.2) is 9.97 Å². The van der Waals surface area contributed by atoms with Gasteiger partial charge in [0.2, 0.25) is 5.82 Å². The average molecular weight is 316 g/mol. The number of alkyl halides is 3. The number of hydrogen-bond donors (Lipinski definition) is 1. The average Bonchev–Trinajstić information content (AvgIpc) is 2.55. The van der Waals surface area contributed by atoms with Gasteiger partial charge in [-0.2, -0.15) is 13.2 Å². The smallest absolute Gasteiger partial charge is 0.302 e. The number of H-pyrrole nitrogens is 1. The zero-order chi connectivity index (χ0) is 16.4. The Hall–Kier alpha value is -2.89. The Balaban J connectivity index is 2.33. The molecule has 0 aliphatic carbocycles. The molecule has 0 unspecified atom stereocenters. The SMILES string of the molecule is O=c1[nH]c(C(F)(F)F)nc(-c2ccccc2)c1-c1ccccc1. The zero-order valence-electron chi connectivity index (χ0n) is 11.8. The highest BCUT2D eigenvalue weighted by atomic mass is 19.4. The lowest BCUT2D eigenvalue weighted by Crippen LogP contribution is -2.21. The van der Waals surface area contributed by atoms with Crippen LogP contribution in [0, 0.1) is 0 Å². The topological polar surface area (TPSA) is 45.8 Å². The van der Waals surface area contributed by atoms with E-state index in [-0.39, 0.29) is 11.3 Å². The fourth-order valence-corrected chi connectivity index (χ4v) is 2.29. The van der Waals surface area contributed by atoms with Gasteiger partial charge in [0, 0.05) is 5.56 Å². The van der Waals surface area contributed by atoms with Gasteiger partial charge in [-0.05, 0) is 5.56 Å². The van der Waals surface area contributed by atoms with Gasteiger partial charge in [-0.1, -0.05) is 60.7 Å². The molecule has 0 atom stereocenters. The van der Waals surface area contributed by atoms with Crippen molar-refractivity contribution in [3.8, 4) is 22.4 Å². The lowest BCUT2D eigenvalue weighted by Gasteiger charge is -2.12. The zero-order valence-corrected chi connectivity index (χ0v) is 11.8. The standard InChI is InChI=1S/C17H11F3N2O/c18-17(19,20)16-21-14(12-9-5-2-6-10-12)13(15(23)22-16)11-7-3-1-4-8-11/h1-10H,(H,21,22,23). The van der Waals surface area contributed by atoms with Crippen molar-refractivity contribution in [3.63, 3.8) is 0 Å². The fraction of sp³-hybridized carbons (Fsp3) is 0.0588. The van der Waals surface area contributed by atoms with Crippen LogP contribution in [0.1, 0.15) is 5.82 Å². The van der Waals surface area contributed by atoms with Crippen LogP contribution in [0.2, 0.25) is 0 Å². The summed E-state index contributed by atoms with van der Waals surface area (Å²) in [5.41, 5.74) is 0.256. The summed E-state index contributed by atoms with van der Waals surface area (Å²) in [7, 11) is 0. The van der Waals surface area contributed by atoms with E-state index in [4.69, 9.17) is 0 Å². The Morgan fingerprint density at radius 1 is 0.826 bits per heavy atom. The molecule has 1 N–H and O–H groups in total. The van der Waals surface area contributed by atoms with Gasteiger partial charge in [-0.25, -0.2) is 4.98 Å². The molecular formula is C17H11F3N2O. The third-order valence-corrected chi connectivity index (χ3v) is 3.30. The van der Waals surface area contributed by atoms with Crippen molar-refractivity contribution in [2.45, 2.75) is 6.18 Å². The molecule has 0 radical (unpaired) electrons. The minimum atomic E-state index is -4.72. The molecule has 0 amide bonds. The quantitative estimate of drug-likeness (QED) is 0.773. The molecule has 116 valence electrons. The summed E-state index contributed by atoms with van der Waals surface area (Å²) in [5, 5.41) is 0. The summed E-state index contributed by atoms with van der Waals surface area (Å²) >= 11 is 0. The van der Waals surface area contributed by atoms with E-state index in [0.29, 0.717) is 11.1 Å². The summed E-state index contributed by atoms with van der Waals surface area (Å²) in [4.78, 5) is 17.8. The Morgan fingerprint density at radius 3 is 1.87 bits per heavy atom. The van der Waals surface area contributed by atoms with E-state index in [1.54, 1.807) is 60.7 Å². The van der Waals surface area contributed by atoms with Crippen molar-refractivity contribution >= 4 is 0 Å². The van der Waals surface area contributed by atoms with Gasteiger partial charge in [-0.3, -0.25) is 4.79 Å². The van der Waals surface area contributed by atoms with E-state index in [2.05, 4.69) is 4.98 Å². The summed E-state index contributed by atoms with van der Waals surface area (Å²) in [6, 6.07) is 16.8. The van der Waals surface area contributed by atoms with Crippen LogP contribution in [0.15, 0.2) is 65.5 Å².